The van der Waals surface area contributed by atoms with E-state index in [0.717, 1.165) is 11.1 Å². The van der Waals surface area contributed by atoms with Crippen LogP contribution >= 0.6 is 0 Å². The SMILES string of the molecule is CNC(=O)C[NH2+]CC(=O)N1CCN(S(=O)(=O)c2cc(C)ccc2C)CC1. The summed E-state index contributed by atoms with van der Waals surface area (Å²) in [6.07, 6.45) is 0. The van der Waals surface area contributed by atoms with Gasteiger partial charge in [-0.15, -0.1) is 0 Å². The Labute approximate surface area is 154 Å². The maximum absolute atomic E-state index is 12.9. The van der Waals surface area contributed by atoms with Crippen molar-refractivity contribution in [3.05, 3.63) is 29.3 Å². The van der Waals surface area contributed by atoms with Crippen LogP contribution in [0.4, 0.5) is 0 Å². The number of sulfonamides is 1. The minimum atomic E-state index is -3.56. The van der Waals surface area contributed by atoms with Crippen LogP contribution in [0, 0.1) is 13.8 Å². The molecule has 0 unspecified atom stereocenters. The molecule has 0 aromatic heterocycles. The Morgan fingerprint density at radius 2 is 1.77 bits per heavy atom. The third-order valence-corrected chi connectivity index (χ3v) is 6.52. The molecule has 144 valence electrons. The number of hydrogen-bond acceptors (Lipinski definition) is 4. The molecule has 1 aliphatic heterocycles. The van der Waals surface area contributed by atoms with Crippen LogP contribution in [0.3, 0.4) is 0 Å². The Bertz CT molecular complexity index is 771. The highest BCUT2D eigenvalue weighted by molar-refractivity contribution is 7.89. The fraction of sp³-hybridized carbons (Fsp3) is 0.529. The number of carbonyl (C=O) groups excluding carboxylic acids is 2. The van der Waals surface area contributed by atoms with Gasteiger partial charge in [0.25, 0.3) is 11.8 Å². The van der Waals surface area contributed by atoms with Crippen LogP contribution in [0.25, 0.3) is 0 Å². The minimum absolute atomic E-state index is 0.0855. The van der Waals surface area contributed by atoms with Crippen molar-refractivity contribution in [2.75, 3.05) is 46.3 Å². The maximum atomic E-state index is 12.9. The molecule has 0 bridgehead atoms. The van der Waals surface area contributed by atoms with Crippen molar-refractivity contribution in [2.24, 2.45) is 0 Å². The molecule has 26 heavy (non-hydrogen) atoms. The molecule has 0 spiro atoms. The fourth-order valence-electron chi connectivity index (χ4n) is 2.86. The van der Waals surface area contributed by atoms with E-state index in [1.807, 2.05) is 19.1 Å². The van der Waals surface area contributed by atoms with Crippen LogP contribution in [0.2, 0.25) is 0 Å². The van der Waals surface area contributed by atoms with Gasteiger partial charge >= 0.3 is 0 Å². The number of likely N-dealkylation sites (N-methyl/N-ethyl adjacent to an activating group) is 1. The second kappa shape index (κ2) is 8.61. The van der Waals surface area contributed by atoms with Gasteiger partial charge in [-0.1, -0.05) is 12.1 Å². The molecule has 0 radical (unpaired) electrons. The predicted molar refractivity (Wildman–Crippen MR) is 97.0 cm³/mol. The lowest BCUT2D eigenvalue weighted by molar-refractivity contribution is -0.633. The quantitative estimate of drug-likeness (QED) is 0.620. The number of hydrogen-bond donors (Lipinski definition) is 2. The second-order valence-corrected chi connectivity index (χ2v) is 8.33. The highest BCUT2D eigenvalue weighted by atomic mass is 32.2. The van der Waals surface area contributed by atoms with Crippen molar-refractivity contribution in [1.82, 2.24) is 14.5 Å². The molecule has 2 rings (SSSR count). The van der Waals surface area contributed by atoms with Crippen LogP contribution in [-0.4, -0.2) is 75.8 Å². The molecule has 1 saturated heterocycles. The summed E-state index contributed by atoms with van der Waals surface area (Å²) in [7, 11) is -2.01. The van der Waals surface area contributed by atoms with Gasteiger partial charge < -0.3 is 15.5 Å². The smallest absolute Gasteiger partial charge is 0.277 e. The Balaban J connectivity index is 1.94. The van der Waals surface area contributed by atoms with Crippen molar-refractivity contribution < 1.29 is 23.3 Å². The Morgan fingerprint density at radius 3 is 2.38 bits per heavy atom. The molecule has 2 amide bonds. The zero-order valence-electron chi connectivity index (χ0n) is 15.5. The summed E-state index contributed by atoms with van der Waals surface area (Å²) in [5, 5.41) is 4.14. The standard InChI is InChI=1S/C17H26N4O4S/c1-13-4-5-14(2)15(10-13)26(24,25)21-8-6-20(7-9-21)17(23)12-19-11-16(22)18-3/h4-5,10,19H,6-9,11-12H2,1-3H3,(H,18,22)/p+1. The molecule has 1 aliphatic rings. The molecule has 0 aliphatic carbocycles. The van der Waals surface area contributed by atoms with Crippen molar-refractivity contribution in [3.8, 4) is 0 Å². The third-order valence-electron chi connectivity index (χ3n) is 4.48. The van der Waals surface area contributed by atoms with Gasteiger partial charge in [0.2, 0.25) is 10.0 Å². The van der Waals surface area contributed by atoms with E-state index in [9.17, 15) is 18.0 Å². The molecule has 8 nitrogen and oxygen atoms in total. The summed E-state index contributed by atoms with van der Waals surface area (Å²) in [5.74, 6) is -0.222. The summed E-state index contributed by atoms with van der Waals surface area (Å²) in [6.45, 7) is 5.29. The zero-order chi connectivity index (χ0) is 19.3. The lowest BCUT2D eigenvalue weighted by Crippen LogP contribution is -2.88. The summed E-state index contributed by atoms with van der Waals surface area (Å²) in [6, 6.07) is 5.39. The van der Waals surface area contributed by atoms with Gasteiger partial charge in [-0.05, 0) is 31.0 Å². The Hall–Kier alpha value is -1.97. The average molecular weight is 383 g/mol. The number of amides is 2. The zero-order valence-corrected chi connectivity index (χ0v) is 16.3. The van der Waals surface area contributed by atoms with Gasteiger partial charge in [0.1, 0.15) is 0 Å². The van der Waals surface area contributed by atoms with Gasteiger partial charge in [-0.3, -0.25) is 9.59 Å². The molecule has 1 heterocycles. The van der Waals surface area contributed by atoms with E-state index in [2.05, 4.69) is 5.32 Å². The van der Waals surface area contributed by atoms with Crippen LogP contribution in [0.5, 0.6) is 0 Å². The van der Waals surface area contributed by atoms with E-state index in [-0.39, 0.29) is 38.0 Å². The van der Waals surface area contributed by atoms with Gasteiger partial charge in [0, 0.05) is 33.2 Å². The first-order valence-electron chi connectivity index (χ1n) is 8.63. The van der Waals surface area contributed by atoms with Crippen molar-refractivity contribution in [2.45, 2.75) is 18.7 Å². The second-order valence-electron chi connectivity index (χ2n) is 6.42. The van der Waals surface area contributed by atoms with E-state index < -0.39 is 10.0 Å². The maximum Gasteiger partial charge on any atom is 0.277 e. The largest absolute Gasteiger partial charge is 0.354 e. The molecule has 0 saturated carbocycles. The number of aryl methyl sites for hydroxylation is 2. The predicted octanol–water partition coefficient (Wildman–Crippen LogP) is -1.55. The number of nitrogens with one attached hydrogen (secondary N) is 1. The summed E-state index contributed by atoms with van der Waals surface area (Å²) in [4.78, 5) is 25.3. The number of carbonyl (C=O) groups is 2. The van der Waals surface area contributed by atoms with Gasteiger partial charge in [-0.2, -0.15) is 4.31 Å². The van der Waals surface area contributed by atoms with Crippen molar-refractivity contribution in [3.63, 3.8) is 0 Å². The summed E-state index contributed by atoms with van der Waals surface area (Å²) in [5.41, 5.74) is 1.62. The van der Waals surface area contributed by atoms with Crippen LogP contribution < -0.4 is 10.6 Å². The van der Waals surface area contributed by atoms with Crippen LogP contribution in [-0.2, 0) is 19.6 Å². The normalized spacial score (nSPS) is 15.7. The number of nitrogens with zero attached hydrogens (tertiary/aromatic N) is 2. The van der Waals surface area contributed by atoms with Gasteiger partial charge in [0.05, 0.1) is 4.90 Å². The molecular weight excluding hydrogens is 356 g/mol. The summed E-state index contributed by atoms with van der Waals surface area (Å²) < 4.78 is 27.2. The Morgan fingerprint density at radius 1 is 1.12 bits per heavy atom. The first kappa shape index (κ1) is 20.3. The summed E-state index contributed by atoms with van der Waals surface area (Å²) >= 11 is 0. The van der Waals surface area contributed by atoms with E-state index in [1.54, 1.807) is 30.3 Å². The van der Waals surface area contributed by atoms with Crippen molar-refractivity contribution >= 4 is 21.8 Å². The highest BCUT2D eigenvalue weighted by Gasteiger charge is 2.31. The molecule has 1 aromatic rings. The fourth-order valence-corrected chi connectivity index (χ4v) is 4.59. The van der Waals surface area contributed by atoms with E-state index in [0.29, 0.717) is 18.0 Å². The first-order chi connectivity index (χ1) is 12.3. The van der Waals surface area contributed by atoms with Gasteiger partial charge in [0.15, 0.2) is 13.1 Å². The lowest BCUT2D eigenvalue weighted by Gasteiger charge is -2.34. The first-order valence-corrected chi connectivity index (χ1v) is 10.1. The average Bonchev–Trinajstić information content (AvgIpc) is 2.63. The number of quaternary nitrogens is 1. The minimum Gasteiger partial charge on any atom is -0.354 e. The third kappa shape index (κ3) is 4.80. The van der Waals surface area contributed by atoms with E-state index in [1.165, 1.54) is 4.31 Å². The Kier molecular flexibility index (Phi) is 6.74. The topological polar surface area (TPSA) is 103 Å². The highest BCUT2D eigenvalue weighted by Crippen LogP contribution is 2.22. The number of benzene rings is 1. The molecule has 3 N–H and O–H groups in total. The number of piperazine rings is 1. The monoisotopic (exact) mass is 383 g/mol. The van der Waals surface area contributed by atoms with Crippen LogP contribution in [0.1, 0.15) is 11.1 Å². The van der Waals surface area contributed by atoms with Gasteiger partial charge in [-0.25, -0.2) is 8.42 Å². The lowest BCUT2D eigenvalue weighted by atomic mass is 10.2. The van der Waals surface area contributed by atoms with E-state index >= 15 is 0 Å². The molecule has 1 fully saturated rings. The van der Waals surface area contributed by atoms with Crippen LogP contribution in [0.15, 0.2) is 23.1 Å². The van der Waals surface area contributed by atoms with E-state index in [4.69, 9.17) is 0 Å². The molecule has 1 aromatic carbocycles. The number of nitrogens with two attached hydrogens (primary N) is 1. The molecule has 9 heteroatoms. The number of rotatable bonds is 6. The molecule has 0 atom stereocenters. The molecular formula is C17H27N4O4S+. The van der Waals surface area contributed by atoms with Crippen molar-refractivity contribution in [1.29, 1.82) is 0 Å².